The molecule has 0 aromatic heterocycles. The summed E-state index contributed by atoms with van der Waals surface area (Å²) in [5.41, 5.74) is 0.346. The molecule has 0 radical (unpaired) electrons. The van der Waals surface area contributed by atoms with E-state index >= 15 is 0 Å². The summed E-state index contributed by atoms with van der Waals surface area (Å²) in [6, 6.07) is 0.113. The molecule has 0 aromatic rings. The minimum Gasteiger partial charge on any atom is -0.465 e. The number of methoxy groups -OCH3 is 1. The highest BCUT2D eigenvalue weighted by Crippen LogP contribution is 2.39. The van der Waals surface area contributed by atoms with Gasteiger partial charge in [0.15, 0.2) is 6.21 Å². The van der Waals surface area contributed by atoms with Crippen LogP contribution in [0.2, 0.25) is 0 Å². The number of carbonyl (C=O) groups is 4. The number of rotatable bonds is 15. The second-order valence-electron chi connectivity index (χ2n) is 10.2. The van der Waals surface area contributed by atoms with Crippen molar-refractivity contribution in [2.24, 2.45) is 0 Å². The van der Waals surface area contributed by atoms with E-state index in [1.807, 2.05) is 22.4 Å². The molecule has 0 aliphatic carbocycles. The predicted octanol–water partition coefficient (Wildman–Crippen LogP) is 1.48. The van der Waals surface area contributed by atoms with E-state index in [0.717, 1.165) is 50.7 Å². The van der Waals surface area contributed by atoms with Gasteiger partial charge in [-0.1, -0.05) is 25.3 Å². The van der Waals surface area contributed by atoms with Crippen LogP contribution in [0.15, 0.2) is 11.6 Å². The first kappa shape index (κ1) is 29.0. The van der Waals surface area contributed by atoms with Crippen LogP contribution in [0.5, 0.6) is 0 Å². The van der Waals surface area contributed by atoms with Crippen LogP contribution in [0.3, 0.4) is 0 Å². The van der Waals surface area contributed by atoms with Crippen molar-refractivity contribution in [3.63, 3.8) is 0 Å². The van der Waals surface area contributed by atoms with E-state index < -0.39 is 0 Å². The SMILES string of the molecule is COC(=O)C1=CCC[N+](CC(=O)NCCCCCCNC(=O)CCCC[C@@H]2SCC3(C)NC(=O)NC23)=C1. The quantitative estimate of drug-likeness (QED) is 0.109. The number of amides is 4. The minimum absolute atomic E-state index is 0.0557. The van der Waals surface area contributed by atoms with E-state index in [-0.39, 0.29) is 41.9 Å². The van der Waals surface area contributed by atoms with E-state index in [0.29, 0.717) is 43.3 Å². The zero-order valence-corrected chi connectivity index (χ0v) is 22.9. The number of esters is 1. The molecule has 3 rings (SSSR count). The molecule has 0 spiro atoms. The number of thioether (sulfide) groups is 1. The third-order valence-corrected chi connectivity index (χ3v) is 8.80. The molecule has 0 bridgehead atoms. The number of carbonyl (C=O) groups excluding carboxylic acids is 4. The summed E-state index contributed by atoms with van der Waals surface area (Å²) in [4.78, 5) is 47.5. The first-order valence-electron chi connectivity index (χ1n) is 13.4. The number of hydrogen-bond donors (Lipinski definition) is 4. The van der Waals surface area contributed by atoms with Gasteiger partial charge in [-0.2, -0.15) is 11.8 Å². The lowest BCUT2D eigenvalue weighted by Gasteiger charge is -2.23. The zero-order valence-electron chi connectivity index (χ0n) is 22.1. The summed E-state index contributed by atoms with van der Waals surface area (Å²) in [6.07, 6.45) is 11.4. The van der Waals surface area contributed by atoms with Crippen molar-refractivity contribution in [3.8, 4) is 0 Å². The predicted molar refractivity (Wildman–Crippen MR) is 144 cm³/mol. The Morgan fingerprint density at radius 2 is 1.84 bits per heavy atom. The van der Waals surface area contributed by atoms with Crippen LogP contribution < -0.4 is 21.3 Å². The van der Waals surface area contributed by atoms with Crippen molar-refractivity contribution in [1.29, 1.82) is 0 Å². The van der Waals surface area contributed by atoms with Crippen LogP contribution in [-0.4, -0.2) is 90.5 Å². The maximum Gasteiger partial charge on any atom is 0.343 e. The summed E-state index contributed by atoms with van der Waals surface area (Å²) in [5.74, 6) is 0.598. The van der Waals surface area contributed by atoms with Crippen molar-refractivity contribution < 1.29 is 28.5 Å². The van der Waals surface area contributed by atoms with Crippen LogP contribution in [0.4, 0.5) is 4.79 Å². The van der Waals surface area contributed by atoms with Crippen molar-refractivity contribution in [1.82, 2.24) is 21.3 Å². The molecule has 0 aromatic carbocycles. The number of ether oxygens (including phenoxy) is 1. The number of urea groups is 1. The standard InChI is InChI=1S/C26H41N5O5S/c1-26-18-37-20(23(26)29-25(35)30-26)11-5-6-12-21(32)27-13-7-3-4-8-14-28-22(33)17-31-15-9-10-19(16-31)24(34)36-2/h10,16,20,23H,3-9,11-15,17-18H2,1-2H3,(H3-,27,28,29,30,32,33,35)/p+1/t20-,23?,26?/m0/s1. The topological polar surface area (TPSA) is 129 Å². The molecule has 3 heterocycles. The van der Waals surface area contributed by atoms with Crippen LogP contribution in [0, 0.1) is 0 Å². The average molecular weight is 537 g/mol. The van der Waals surface area contributed by atoms with E-state index in [4.69, 9.17) is 4.74 Å². The van der Waals surface area contributed by atoms with E-state index in [2.05, 4.69) is 28.2 Å². The lowest BCUT2D eigenvalue weighted by molar-refractivity contribution is -0.512. The molecular weight excluding hydrogens is 494 g/mol. The molecule has 3 atom stereocenters. The molecule has 3 aliphatic heterocycles. The van der Waals surface area contributed by atoms with Gasteiger partial charge in [0.25, 0.3) is 5.91 Å². The molecule has 2 unspecified atom stereocenters. The highest BCUT2D eigenvalue weighted by atomic mass is 32.2. The lowest BCUT2D eigenvalue weighted by atomic mass is 9.92. The lowest BCUT2D eigenvalue weighted by Crippen LogP contribution is -2.47. The Morgan fingerprint density at radius 3 is 2.57 bits per heavy atom. The van der Waals surface area contributed by atoms with Crippen molar-refractivity contribution in [3.05, 3.63) is 11.6 Å². The Labute approximate surface area is 223 Å². The normalized spacial score (nSPS) is 24.3. The molecule has 0 saturated carbocycles. The monoisotopic (exact) mass is 536 g/mol. The molecule has 3 aliphatic rings. The van der Waals surface area contributed by atoms with Crippen molar-refractivity contribution >= 4 is 41.8 Å². The Hall–Kier alpha value is -2.56. The molecule has 4 amide bonds. The van der Waals surface area contributed by atoms with E-state index in [1.165, 1.54) is 7.11 Å². The fourth-order valence-corrected chi connectivity index (χ4v) is 6.73. The van der Waals surface area contributed by atoms with Gasteiger partial charge in [-0.05, 0) is 32.6 Å². The highest BCUT2D eigenvalue weighted by Gasteiger charge is 2.51. The van der Waals surface area contributed by atoms with Crippen LogP contribution in [0.1, 0.15) is 64.7 Å². The summed E-state index contributed by atoms with van der Waals surface area (Å²) in [6.45, 7) is 4.34. The first-order valence-corrected chi connectivity index (χ1v) is 14.5. The highest BCUT2D eigenvalue weighted by molar-refractivity contribution is 8.00. The maximum absolute atomic E-state index is 12.1. The van der Waals surface area contributed by atoms with Gasteiger partial charge in [0.2, 0.25) is 12.5 Å². The second-order valence-corrected chi connectivity index (χ2v) is 11.5. The Bertz CT molecular complexity index is 908. The van der Waals surface area contributed by atoms with Gasteiger partial charge >= 0.3 is 12.0 Å². The van der Waals surface area contributed by atoms with Crippen molar-refractivity contribution in [2.75, 3.05) is 39.0 Å². The number of hydrogen-bond acceptors (Lipinski definition) is 6. The van der Waals surface area contributed by atoms with Gasteiger partial charge in [0.1, 0.15) is 12.1 Å². The van der Waals surface area contributed by atoms with Gasteiger partial charge < -0.3 is 26.0 Å². The first-order chi connectivity index (χ1) is 17.8. The number of unbranched alkanes of at least 4 members (excludes halogenated alkanes) is 4. The van der Waals surface area contributed by atoms with E-state index in [9.17, 15) is 19.2 Å². The van der Waals surface area contributed by atoms with Gasteiger partial charge in [-0.25, -0.2) is 14.2 Å². The smallest absolute Gasteiger partial charge is 0.343 e. The summed E-state index contributed by atoms with van der Waals surface area (Å²) >= 11 is 1.91. The molecule has 11 heteroatoms. The minimum atomic E-state index is -0.383. The van der Waals surface area contributed by atoms with Gasteiger partial charge in [0, 0.05) is 36.9 Å². The molecule has 10 nitrogen and oxygen atoms in total. The molecule has 37 heavy (non-hydrogen) atoms. The third-order valence-electron chi connectivity index (χ3n) is 7.10. The van der Waals surface area contributed by atoms with E-state index in [1.54, 1.807) is 6.21 Å². The largest absolute Gasteiger partial charge is 0.465 e. The average Bonchev–Trinajstić information content (AvgIpc) is 3.34. The fourth-order valence-electron chi connectivity index (χ4n) is 5.03. The fraction of sp³-hybridized carbons (Fsp3) is 0.731. The van der Waals surface area contributed by atoms with Crippen LogP contribution in [0.25, 0.3) is 0 Å². The Morgan fingerprint density at radius 1 is 1.11 bits per heavy atom. The molecular formula is C26H42N5O5S+. The van der Waals surface area contributed by atoms with Crippen molar-refractivity contribution in [2.45, 2.75) is 81.5 Å². The molecule has 2 saturated heterocycles. The zero-order chi connectivity index (χ0) is 26.7. The van der Waals surface area contributed by atoms with Gasteiger partial charge in [-0.15, -0.1) is 0 Å². The molecule has 206 valence electrons. The molecule has 4 N–H and O–H groups in total. The maximum atomic E-state index is 12.1. The number of fused-ring (bicyclic) bond motifs is 1. The number of nitrogens with zero attached hydrogens (tertiary/aromatic N) is 1. The second kappa shape index (κ2) is 14.4. The third kappa shape index (κ3) is 9.05. The van der Waals surface area contributed by atoms with Crippen LogP contribution in [-0.2, 0) is 19.1 Å². The molecule has 2 fully saturated rings. The summed E-state index contributed by atoms with van der Waals surface area (Å²) in [7, 11) is 1.35. The number of nitrogens with one attached hydrogen (secondary N) is 4. The Kier molecular flexibility index (Phi) is 11.3. The van der Waals surface area contributed by atoms with Gasteiger partial charge in [-0.3, -0.25) is 9.59 Å². The summed E-state index contributed by atoms with van der Waals surface area (Å²) in [5, 5.41) is 12.4. The van der Waals surface area contributed by atoms with Crippen LogP contribution >= 0.6 is 11.8 Å². The van der Waals surface area contributed by atoms with Gasteiger partial charge in [0.05, 0.1) is 18.7 Å². The summed E-state index contributed by atoms with van der Waals surface area (Å²) < 4.78 is 6.56. The Balaban J connectivity index is 1.14.